The van der Waals surface area contributed by atoms with Crippen molar-refractivity contribution in [3.8, 4) is 11.5 Å². The number of imide groups is 1. The van der Waals surface area contributed by atoms with E-state index in [4.69, 9.17) is 15.2 Å². The van der Waals surface area contributed by atoms with Gasteiger partial charge >= 0.3 is 0 Å². The van der Waals surface area contributed by atoms with Gasteiger partial charge in [0.05, 0.1) is 11.5 Å². The number of hydrogen-bond donors (Lipinski definition) is 2. The molecule has 0 unspecified atom stereocenters. The number of carbonyl (C=O) groups is 4. The van der Waals surface area contributed by atoms with Crippen LogP contribution in [0.15, 0.2) is 41.3 Å². The Bertz CT molecular complexity index is 1180. The molecule has 9 nitrogen and oxygen atoms in total. The Morgan fingerprint density at radius 2 is 1.85 bits per heavy atom. The topological polar surface area (TPSA) is 128 Å². The summed E-state index contributed by atoms with van der Waals surface area (Å²) in [6.45, 7) is 5.31. The van der Waals surface area contributed by atoms with Gasteiger partial charge in [0.2, 0.25) is 5.91 Å². The van der Waals surface area contributed by atoms with Crippen LogP contribution in [0.2, 0.25) is 0 Å². The van der Waals surface area contributed by atoms with Crippen molar-refractivity contribution in [1.29, 1.82) is 0 Å². The summed E-state index contributed by atoms with van der Waals surface area (Å²) in [7, 11) is 0. The number of carbonyl (C=O) groups excluding carboxylic acids is 4. The van der Waals surface area contributed by atoms with E-state index in [1.807, 2.05) is 32.0 Å². The van der Waals surface area contributed by atoms with E-state index in [0.717, 1.165) is 33.5 Å². The van der Waals surface area contributed by atoms with Crippen LogP contribution in [-0.4, -0.2) is 47.6 Å². The molecule has 3 N–H and O–H groups in total. The quantitative estimate of drug-likeness (QED) is 0.524. The van der Waals surface area contributed by atoms with E-state index in [0.29, 0.717) is 23.7 Å². The predicted octanol–water partition coefficient (Wildman–Crippen LogP) is 3.24. The zero-order valence-electron chi connectivity index (χ0n) is 19.0. The van der Waals surface area contributed by atoms with Gasteiger partial charge in [-0.15, -0.1) is 0 Å². The van der Waals surface area contributed by atoms with Crippen LogP contribution in [0.3, 0.4) is 0 Å². The molecule has 1 heterocycles. The van der Waals surface area contributed by atoms with Crippen molar-refractivity contribution in [2.75, 3.05) is 25.1 Å². The summed E-state index contributed by atoms with van der Waals surface area (Å²) in [5.74, 6) is -0.937. The van der Waals surface area contributed by atoms with E-state index in [9.17, 15) is 19.2 Å². The highest BCUT2D eigenvalue weighted by molar-refractivity contribution is 8.18. The van der Waals surface area contributed by atoms with E-state index < -0.39 is 23.6 Å². The summed E-state index contributed by atoms with van der Waals surface area (Å²) in [4.78, 5) is 48.9. The van der Waals surface area contributed by atoms with Gasteiger partial charge in [0.25, 0.3) is 17.1 Å². The van der Waals surface area contributed by atoms with E-state index in [-0.39, 0.29) is 17.4 Å². The standard InChI is InChI=1S/C24H25N3O6S/c1-4-32-19-10-16(11-20-23(30)27(12-21(25)28)24(31)34-20)7-8-18(19)33-13-22(29)26-17-9-14(2)5-6-15(17)3/h5-11H,4,12-13H2,1-3H3,(H2,25,28)(H,26,29)/b20-11-. The van der Waals surface area contributed by atoms with Crippen molar-refractivity contribution in [1.82, 2.24) is 4.90 Å². The molecule has 3 rings (SSSR count). The van der Waals surface area contributed by atoms with Gasteiger partial charge in [-0.25, -0.2) is 0 Å². The zero-order chi connectivity index (χ0) is 24.8. The van der Waals surface area contributed by atoms with Crippen LogP contribution in [0.1, 0.15) is 23.6 Å². The van der Waals surface area contributed by atoms with E-state index in [1.54, 1.807) is 25.1 Å². The van der Waals surface area contributed by atoms with E-state index >= 15 is 0 Å². The number of anilines is 1. The maximum atomic E-state index is 12.4. The molecule has 178 valence electrons. The highest BCUT2D eigenvalue weighted by atomic mass is 32.2. The molecular weight excluding hydrogens is 458 g/mol. The average molecular weight is 484 g/mol. The van der Waals surface area contributed by atoms with Crippen molar-refractivity contribution in [2.24, 2.45) is 5.73 Å². The number of amides is 4. The first-order chi connectivity index (χ1) is 16.2. The SMILES string of the molecule is CCOc1cc(/C=C2\SC(=O)N(CC(N)=O)C2=O)ccc1OCC(=O)Nc1cc(C)ccc1C. The van der Waals surface area contributed by atoms with Crippen molar-refractivity contribution in [3.05, 3.63) is 58.0 Å². The number of hydrogen-bond acceptors (Lipinski definition) is 7. The third-order valence-corrected chi connectivity index (χ3v) is 5.69. The second-order valence-corrected chi connectivity index (χ2v) is 8.52. The lowest BCUT2D eigenvalue weighted by atomic mass is 10.1. The highest BCUT2D eigenvalue weighted by Crippen LogP contribution is 2.34. The van der Waals surface area contributed by atoms with Gasteiger partial charge in [-0.1, -0.05) is 18.2 Å². The highest BCUT2D eigenvalue weighted by Gasteiger charge is 2.35. The number of nitrogens with two attached hydrogens (primary N) is 1. The molecule has 34 heavy (non-hydrogen) atoms. The van der Waals surface area contributed by atoms with Crippen LogP contribution >= 0.6 is 11.8 Å². The molecule has 10 heteroatoms. The Kier molecular flexibility index (Phi) is 7.95. The van der Waals surface area contributed by atoms with Crippen molar-refractivity contribution in [2.45, 2.75) is 20.8 Å². The van der Waals surface area contributed by atoms with Crippen molar-refractivity contribution >= 4 is 46.5 Å². The van der Waals surface area contributed by atoms with Crippen LogP contribution in [0.4, 0.5) is 10.5 Å². The van der Waals surface area contributed by atoms with Crippen molar-refractivity contribution < 1.29 is 28.7 Å². The molecule has 0 spiro atoms. The minimum Gasteiger partial charge on any atom is -0.490 e. The normalized spacial score (nSPS) is 14.4. The number of nitrogens with zero attached hydrogens (tertiary/aromatic N) is 1. The van der Waals surface area contributed by atoms with Crippen LogP contribution in [0.25, 0.3) is 6.08 Å². The fourth-order valence-electron chi connectivity index (χ4n) is 3.15. The first-order valence-corrected chi connectivity index (χ1v) is 11.3. The summed E-state index contributed by atoms with van der Waals surface area (Å²) in [5, 5.41) is 2.27. The van der Waals surface area contributed by atoms with Crippen LogP contribution in [-0.2, 0) is 14.4 Å². The predicted molar refractivity (Wildman–Crippen MR) is 130 cm³/mol. The second-order valence-electron chi connectivity index (χ2n) is 7.53. The summed E-state index contributed by atoms with van der Waals surface area (Å²) in [6.07, 6.45) is 1.52. The summed E-state index contributed by atoms with van der Waals surface area (Å²) in [6, 6.07) is 10.7. The molecule has 0 saturated carbocycles. The lowest BCUT2D eigenvalue weighted by molar-refractivity contribution is -0.127. The minimum absolute atomic E-state index is 0.162. The van der Waals surface area contributed by atoms with Gasteiger partial charge in [0, 0.05) is 5.69 Å². The second kappa shape index (κ2) is 10.9. The lowest BCUT2D eigenvalue weighted by Crippen LogP contribution is -2.36. The van der Waals surface area contributed by atoms with E-state index in [2.05, 4.69) is 5.32 Å². The first-order valence-electron chi connectivity index (χ1n) is 10.5. The fraction of sp³-hybridized carbons (Fsp3) is 0.250. The zero-order valence-corrected chi connectivity index (χ0v) is 19.9. The molecule has 2 aromatic carbocycles. The van der Waals surface area contributed by atoms with Gasteiger partial charge in [-0.3, -0.25) is 24.1 Å². The summed E-state index contributed by atoms with van der Waals surface area (Å²) >= 11 is 0.725. The molecule has 1 fully saturated rings. The molecule has 0 atom stereocenters. The molecule has 1 aliphatic heterocycles. The maximum Gasteiger partial charge on any atom is 0.294 e. The maximum absolute atomic E-state index is 12.4. The van der Waals surface area contributed by atoms with Crippen LogP contribution in [0, 0.1) is 13.8 Å². The molecule has 0 aliphatic carbocycles. The molecular formula is C24H25N3O6S. The van der Waals surface area contributed by atoms with Gasteiger partial charge in [-0.05, 0) is 73.5 Å². The monoisotopic (exact) mass is 483 g/mol. The first kappa shape index (κ1) is 24.8. The number of benzene rings is 2. The number of aryl methyl sites for hydroxylation is 2. The third-order valence-electron chi connectivity index (χ3n) is 4.78. The molecule has 0 bridgehead atoms. The summed E-state index contributed by atoms with van der Waals surface area (Å²) < 4.78 is 11.3. The van der Waals surface area contributed by atoms with Crippen LogP contribution < -0.4 is 20.5 Å². The Morgan fingerprint density at radius 3 is 2.56 bits per heavy atom. The Balaban J connectivity index is 1.72. The molecule has 0 radical (unpaired) electrons. The minimum atomic E-state index is -0.773. The average Bonchev–Trinajstić information content (AvgIpc) is 3.03. The van der Waals surface area contributed by atoms with Gasteiger partial charge in [0.15, 0.2) is 18.1 Å². The molecule has 1 saturated heterocycles. The lowest BCUT2D eigenvalue weighted by Gasteiger charge is -2.14. The van der Waals surface area contributed by atoms with Crippen LogP contribution in [0.5, 0.6) is 11.5 Å². The summed E-state index contributed by atoms with van der Waals surface area (Å²) in [5.41, 5.74) is 8.38. The van der Waals surface area contributed by atoms with Gasteiger partial charge < -0.3 is 20.5 Å². The van der Waals surface area contributed by atoms with Gasteiger partial charge in [0.1, 0.15) is 6.54 Å². The largest absolute Gasteiger partial charge is 0.490 e. The Morgan fingerprint density at radius 1 is 1.09 bits per heavy atom. The fourth-order valence-corrected chi connectivity index (χ4v) is 3.98. The molecule has 1 aliphatic rings. The van der Waals surface area contributed by atoms with Crippen molar-refractivity contribution in [3.63, 3.8) is 0 Å². The number of rotatable bonds is 9. The third kappa shape index (κ3) is 6.16. The number of nitrogens with one attached hydrogen (secondary N) is 1. The van der Waals surface area contributed by atoms with Gasteiger partial charge in [-0.2, -0.15) is 0 Å². The smallest absolute Gasteiger partial charge is 0.294 e. The number of ether oxygens (including phenoxy) is 2. The molecule has 4 amide bonds. The molecule has 2 aromatic rings. The Hall–Kier alpha value is -3.79. The van der Waals surface area contributed by atoms with E-state index in [1.165, 1.54) is 6.08 Å². The Labute approximate surface area is 201 Å². The number of thioether (sulfide) groups is 1. The number of primary amides is 1. The molecule has 0 aromatic heterocycles.